The number of ether oxygens (including phenoxy) is 2. The average Bonchev–Trinajstić information content (AvgIpc) is 2.55. The molecule has 0 unspecified atom stereocenters. The molecule has 2 aromatic heterocycles. The summed E-state index contributed by atoms with van der Waals surface area (Å²) in [6, 6.07) is 2.84. The van der Waals surface area contributed by atoms with Gasteiger partial charge in [0, 0.05) is 37.1 Å². The Hall–Kier alpha value is -2.90. The van der Waals surface area contributed by atoms with E-state index in [-0.39, 0.29) is 18.0 Å². The van der Waals surface area contributed by atoms with Crippen molar-refractivity contribution in [2.75, 3.05) is 19.5 Å². The van der Waals surface area contributed by atoms with Crippen molar-refractivity contribution in [2.24, 2.45) is 0 Å². The molecule has 0 saturated carbocycles. The van der Waals surface area contributed by atoms with E-state index in [1.807, 2.05) is 6.92 Å². The minimum Gasteiger partial charge on any atom is -0.481 e. The van der Waals surface area contributed by atoms with Crippen LogP contribution in [0.1, 0.15) is 12.6 Å². The minimum atomic E-state index is -0.355. The highest BCUT2D eigenvalue weighted by Crippen LogP contribution is 2.24. The van der Waals surface area contributed by atoms with Crippen LogP contribution in [-0.4, -0.2) is 41.2 Å². The largest absolute Gasteiger partial charge is 0.481 e. The van der Waals surface area contributed by atoms with Gasteiger partial charge in [-0.15, -0.1) is 0 Å². The Labute approximate surface area is 134 Å². The Morgan fingerprint density at radius 1 is 1.26 bits per heavy atom. The molecule has 2 heterocycles. The maximum Gasteiger partial charge on any atom is 0.319 e. The Morgan fingerprint density at radius 2 is 2.09 bits per heavy atom. The van der Waals surface area contributed by atoms with E-state index in [2.05, 4.69) is 25.6 Å². The van der Waals surface area contributed by atoms with Gasteiger partial charge in [-0.25, -0.2) is 4.79 Å². The summed E-state index contributed by atoms with van der Waals surface area (Å²) in [6.07, 6.45) is 5.49. The summed E-state index contributed by atoms with van der Waals surface area (Å²) in [4.78, 5) is 24.3. The lowest BCUT2D eigenvalue weighted by Crippen LogP contribution is -2.37. The molecule has 2 N–H and O–H groups in total. The molecule has 0 radical (unpaired) electrons. The van der Waals surface area contributed by atoms with Crippen LogP contribution in [0.4, 0.5) is 10.5 Å². The van der Waals surface area contributed by atoms with E-state index in [1.54, 1.807) is 30.7 Å². The van der Waals surface area contributed by atoms with E-state index >= 15 is 0 Å². The van der Waals surface area contributed by atoms with Crippen molar-refractivity contribution < 1.29 is 14.3 Å². The van der Waals surface area contributed by atoms with Crippen molar-refractivity contribution in [1.82, 2.24) is 20.3 Å². The van der Waals surface area contributed by atoms with E-state index < -0.39 is 0 Å². The molecule has 0 aromatic carbocycles. The zero-order valence-electron chi connectivity index (χ0n) is 13.2. The molecule has 0 fully saturated rings. The van der Waals surface area contributed by atoms with Gasteiger partial charge in [-0.3, -0.25) is 9.97 Å². The molecule has 2 amide bonds. The van der Waals surface area contributed by atoms with Gasteiger partial charge in [0.1, 0.15) is 5.69 Å². The third-order valence-electron chi connectivity index (χ3n) is 2.99. The molecule has 2 rings (SSSR count). The van der Waals surface area contributed by atoms with Crippen LogP contribution in [0.25, 0.3) is 0 Å². The number of amides is 2. The van der Waals surface area contributed by atoms with Gasteiger partial charge in [-0.05, 0) is 13.0 Å². The molecule has 8 heteroatoms. The number of methoxy groups -OCH3 is 2. The number of aromatic nitrogens is 3. The van der Waals surface area contributed by atoms with Gasteiger partial charge in [-0.2, -0.15) is 4.98 Å². The highest BCUT2D eigenvalue weighted by atomic mass is 16.5. The van der Waals surface area contributed by atoms with Gasteiger partial charge in [0.05, 0.1) is 19.9 Å². The SMILES string of the molecule is COc1ccc(NC(=O)N[C@H](C)Cc2cnccn2)c(OC)n1. The summed E-state index contributed by atoms with van der Waals surface area (Å²) < 4.78 is 10.2. The Kier molecular flexibility index (Phi) is 5.67. The average molecular weight is 317 g/mol. The van der Waals surface area contributed by atoms with Gasteiger partial charge < -0.3 is 20.1 Å². The number of hydrogen-bond acceptors (Lipinski definition) is 6. The van der Waals surface area contributed by atoms with Gasteiger partial charge in [0.25, 0.3) is 0 Å². The number of hydrogen-bond donors (Lipinski definition) is 2. The summed E-state index contributed by atoms with van der Waals surface area (Å²) >= 11 is 0. The first kappa shape index (κ1) is 16.5. The molecule has 8 nitrogen and oxygen atoms in total. The molecule has 122 valence electrons. The molecule has 23 heavy (non-hydrogen) atoms. The van der Waals surface area contributed by atoms with Gasteiger partial charge in [0.15, 0.2) is 0 Å². The number of urea groups is 1. The molecular formula is C15H19N5O3. The second-order valence-electron chi connectivity index (χ2n) is 4.81. The highest BCUT2D eigenvalue weighted by Gasteiger charge is 2.13. The number of carbonyl (C=O) groups excluding carboxylic acids is 1. The zero-order valence-corrected chi connectivity index (χ0v) is 13.2. The second-order valence-corrected chi connectivity index (χ2v) is 4.81. The molecule has 0 aliphatic rings. The predicted octanol–water partition coefficient (Wildman–Crippen LogP) is 1.64. The topological polar surface area (TPSA) is 98.3 Å². The quantitative estimate of drug-likeness (QED) is 0.840. The number of nitrogens with zero attached hydrogens (tertiary/aromatic N) is 3. The first-order valence-corrected chi connectivity index (χ1v) is 7.03. The molecule has 0 saturated heterocycles. The van der Waals surface area contributed by atoms with Crippen LogP contribution in [0.15, 0.2) is 30.7 Å². The third kappa shape index (κ3) is 4.80. The maximum absolute atomic E-state index is 12.1. The smallest absolute Gasteiger partial charge is 0.319 e. The fourth-order valence-electron chi connectivity index (χ4n) is 1.97. The summed E-state index contributed by atoms with van der Waals surface area (Å²) in [5.41, 5.74) is 1.27. The summed E-state index contributed by atoms with van der Waals surface area (Å²) in [5.74, 6) is 0.685. The van der Waals surface area contributed by atoms with E-state index in [1.165, 1.54) is 14.2 Å². The van der Waals surface area contributed by atoms with Crippen LogP contribution >= 0.6 is 0 Å². The molecule has 2 aromatic rings. The van der Waals surface area contributed by atoms with Crippen LogP contribution in [0.5, 0.6) is 11.8 Å². The van der Waals surface area contributed by atoms with Gasteiger partial charge in [0.2, 0.25) is 11.8 Å². The first-order valence-electron chi connectivity index (χ1n) is 7.03. The van der Waals surface area contributed by atoms with E-state index in [9.17, 15) is 4.79 Å². The number of nitrogens with one attached hydrogen (secondary N) is 2. The van der Waals surface area contributed by atoms with E-state index in [0.29, 0.717) is 18.0 Å². The van der Waals surface area contributed by atoms with E-state index in [0.717, 1.165) is 5.69 Å². The molecular weight excluding hydrogens is 298 g/mol. The molecule has 0 aliphatic heterocycles. The van der Waals surface area contributed by atoms with Crippen LogP contribution in [0.3, 0.4) is 0 Å². The van der Waals surface area contributed by atoms with E-state index in [4.69, 9.17) is 9.47 Å². The standard InChI is InChI=1S/C15H19N5O3/c1-10(8-11-9-16-6-7-17-11)18-15(21)19-12-4-5-13(22-2)20-14(12)23-3/h4-7,9-10H,8H2,1-3H3,(H2,18,19,21)/t10-/m1/s1. The first-order chi connectivity index (χ1) is 11.1. The summed E-state index contributed by atoms with van der Waals surface area (Å²) in [7, 11) is 2.98. The number of pyridine rings is 1. The number of rotatable bonds is 6. The van der Waals surface area contributed by atoms with Crippen LogP contribution in [0.2, 0.25) is 0 Å². The lowest BCUT2D eigenvalue weighted by Gasteiger charge is -2.15. The molecule has 0 aliphatic carbocycles. The van der Waals surface area contributed by atoms with Crippen LogP contribution < -0.4 is 20.1 Å². The van der Waals surface area contributed by atoms with Crippen molar-refractivity contribution in [3.8, 4) is 11.8 Å². The van der Waals surface area contributed by atoms with Gasteiger partial charge >= 0.3 is 6.03 Å². The molecule has 0 spiro atoms. The monoisotopic (exact) mass is 317 g/mol. The summed E-state index contributed by atoms with van der Waals surface area (Å²) in [6.45, 7) is 1.89. The highest BCUT2D eigenvalue weighted by molar-refractivity contribution is 5.90. The predicted molar refractivity (Wildman–Crippen MR) is 84.7 cm³/mol. The van der Waals surface area contributed by atoms with Crippen LogP contribution in [-0.2, 0) is 6.42 Å². The number of carbonyl (C=O) groups is 1. The second kappa shape index (κ2) is 7.92. The Balaban J connectivity index is 1.94. The lowest BCUT2D eigenvalue weighted by atomic mass is 10.2. The Bertz CT molecular complexity index is 651. The fraction of sp³-hybridized carbons (Fsp3) is 0.333. The number of anilines is 1. The van der Waals surface area contributed by atoms with Gasteiger partial charge in [-0.1, -0.05) is 0 Å². The van der Waals surface area contributed by atoms with Crippen LogP contribution in [0, 0.1) is 0 Å². The van der Waals surface area contributed by atoms with Crippen molar-refractivity contribution in [2.45, 2.75) is 19.4 Å². The summed E-state index contributed by atoms with van der Waals surface area (Å²) in [5, 5.41) is 5.52. The molecule has 0 bridgehead atoms. The lowest BCUT2D eigenvalue weighted by molar-refractivity contribution is 0.249. The maximum atomic E-state index is 12.1. The normalized spacial score (nSPS) is 11.4. The van der Waals surface area contributed by atoms with Crippen molar-refractivity contribution in [3.05, 3.63) is 36.4 Å². The fourth-order valence-corrected chi connectivity index (χ4v) is 1.97. The van der Waals surface area contributed by atoms with Crippen molar-refractivity contribution in [3.63, 3.8) is 0 Å². The molecule has 1 atom stereocenters. The third-order valence-corrected chi connectivity index (χ3v) is 2.99. The van der Waals surface area contributed by atoms with Crippen molar-refractivity contribution in [1.29, 1.82) is 0 Å². The zero-order chi connectivity index (χ0) is 16.7. The van der Waals surface area contributed by atoms with Crippen molar-refractivity contribution >= 4 is 11.7 Å². The Morgan fingerprint density at radius 3 is 2.74 bits per heavy atom. The minimum absolute atomic E-state index is 0.107.